The molecule has 1 N–H and O–H groups in total. The average molecular weight is 237 g/mol. The number of nitrogens with one attached hydrogen (secondary N) is 1. The van der Waals surface area contributed by atoms with Gasteiger partial charge < -0.3 is 10.1 Å². The summed E-state index contributed by atoms with van der Waals surface area (Å²) in [5, 5.41) is 3.14. The van der Waals surface area contributed by atoms with E-state index in [-0.39, 0.29) is 11.3 Å². The Balaban J connectivity index is 2.31. The van der Waals surface area contributed by atoms with Gasteiger partial charge >= 0.3 is 0 Å². The standard InChI is InChI=1S/C13H16FNO2/c1-13(6-3-7-15-13)12(16)10-5-4-9(17-2)8-11(10)14/h4-5,8,15H,3,6-7H2,1-2H3. The summed E-state index contributed by atoms with van der Waals surface area (Å²) < 4.78 is 18.7. The number of rotatable bonds is 3. The van der Waals surface area contributed by atoms with Gasteiger partial charge in [0, 0.05) is 6.07 Å². The van der Waals surface area contributed by atoms with Gasteiger partial charge in [0.05, 0.1) is 18.2 Å². The van der Waals surface area contributed by atoms with Crippen LogP contribution in [0.15, 0.2) is 18.2 Å². The minimum Gasteiger partial charge on any atom is -0.497 e. The van der Waals surface area contributed by atoms with Crippen LogP contribution in [0.3, 0.4) is 0 Å². The largest absolute Gasteiger partial charge is 0.497 e. The SMILES string of the molecule is COc1ccc(C(=O)C2(C)CCCN2)c(F)c1. The first kappa shape index (κ1) is 12.0. The second kappa shape index (κ2) is 4.45. The van der Waals surface area contributed by atoms with Gasteiger partial charge in [-0.25, -0.2) is 4.39 Å². The molecule has 92 valence electrons. The monoisotopic (exact) mass is 237 g/mol. The van der Waals surface area contributed by atoms with Crippen molar-refractivity contribution in [3.63, 3.8) is 0 Å². The van der Waals surface area contributed by atoms with Gasteiger partial charge in [0.25, 0.3) is 0 Å². The highest BCUT2D eigenvalue weighted by molar-refractivity contribution is 6.03. The minimum atomic E-state index is -0.630. The van der Waals surface area contributed by atoms with Gasteiger partial charge in [-0.3, -0.25) is 4.79 Å². The third-order valence-electron chi connectivity index (χ3n) is 3.29. The first-order valence-corrected chi connectivity index (χ1v) is 5.70. The smallest absolute Gasteiger partial charge is 0.185 e. The van der Waals surface area contributed by atoms with E-state index in [2.05, 4.69) is 5.32 Å². The van der Waals surface area contributed by atoms with Crippen molar-refractivity contribution < 1.29 is 13.9 Å². The zero-order valence-corrected chi connectivity index (χ0v) is 10.0. The predicted octanol–water partition coefficient (Wildman–Crippen LogP) is 2.16. The van der Waals surface area contributed by atoms with Gasteiger partial charge in [-0.2, -0.15) is 0 Å². The van der Waals surface area contributed by atoms with E-state index in [1.807, 2.05) is 6.92 Å². The van der Waals surface area contributed by atoms with Gasteiger partial charge in [0.15, 0.2) is 5.78 Å². The van der Waals surface area contributed by atoms with Crippen LogP contribution in [-0.2, 0) is 0 Å². The van der Waals surface area contributed by atoms with Gasteiger partial charge in [-0.05, 0) is 38.4 Å². The molecule has 0 aliphatic carbocycles. The van der Waals surface area contributed by atoms with Crippen molar-refractivity contribution in [1.29, 1.82) is 0 Å². The lowest BCUT2D eigenvalue weighted by Gasteiger charge is -2.22. The molecular weight excluding hydrogens is 221 g/mol. The third-order valence-corrected chi connectivity index (χ3v) is 3.29. The maximum atomic E-state index is 13.8. The molecular formula is C13H16FNO2. The van der Waals surface area contributed by atoms with Crippen LogP contribution in [0.4, 0.5) is 4.39 Å². The van der Waals surface area contributed by atoms with Crippen molar-refractivity contribution in [3.05, 3.63) is 29.6 Å². The lowest BCUT2D eigenvalue weighted by molar-refractivity contribution is 0.0880. The summed E-state index contributed by atoms with van der Waals surface area (Å²) in [6, 6.07) is 4.34. The Labute approximate surface area is 100.0 Å². The molecule has 0 spiro atoms. The van der Waals surface area contributed by atoms with Gasteiger partial charge in [-0.15, -0.1) is 0 Å². The molecule has 1 saturated heterocycles. The summed E-state index contributed by atoms with van der Waals surface area (Å²) >= 11 is 0. The average Bonchev–Trinajstić information content (AvgIpc) is 2.76. The fraction of sp³-hybridized carbons (Fsp3) is 0.462. The molecule has 1 heterocycles. The van der Waals surface area contributed by atoms with Crippen LogP contribution in [0, 0.1) is 5.82 Å². The molecule has 17 heavy (non-hydrogen) atoms. The molecule has 0 bridgehead atoms. The lowest BCUT2D eigenvalue weighted by atomic mass is 9.89. The summed E-state index contributed by atoms with van der Waals surface area (Å²) in [7, 11) is 1.47. The molecule has 1 unspecified atom stereocenters. The number of ketones is 1. The molecule has 1 aromatic rings. The van der Waals surface area contributed by atoms with Gasteiger partial charge in [0.1, 0.15) is 11.6 Å². The van der Waals surface area contributed by atoms with E-state index in [1.165, 1.54) is 19.2 Å². The maximum Gasteiger partial charge on any atom is 0.185 e. The highest BCUT2D eigenvalue weighted by Crippen LogP contribution is 2.26. The van der Waals surface area contributed by atoms with E-state index in [0.717, 1.165) is 19.4 Å². The van der Waals surface area contributed by atoms with E-state index in [9.17, 15) is 9.18 Å². The molecule has 4 heteroatoms. The zero-order chi connectivity index (χ0) is 12.5. The highest BCUT2D eigenvalue weighted by Gasteiger charge is 2.37. The molecule has 1 aliphatic rings. The van der Waals surface area contributed by atoms with Crippen molar-refractivity contribution in [2.75, 3.05) is 13.7 Å². The molecule has 2 rings (SSSR count). The van der Waals surface area contributed by atoms with Crippen LogP contribution < -0.4 is 10.1 Å². The molecule has 0 aromatic heterocycles. The Bertz CT molecular complexity index is 439. The Morgan fingerprint density at radius 2 is 2.29 bits per heavy atom. The Hall–Kier alpha value is -1.42. The highest BCUT2D eigenvalue weighted by atomic mass is 19.1. The Morgan fingerprint density at radius 1 is 1.53 bits per heavy atom. The quantitative estimate of drug-likeness (QED) is 0.819. The van der Waals surface area contributed by atoms with Gasteiger partial charge in [0.2, 0.25) is 0 Å². The lowest BCUT2D eigenvalue weighted by Crippen LogP contribution is -2.44. The number of benzene rings is 1. The molecule has 1 atom stereocenters. The summed E-state index contributed by atoms with van der Waals surface area (Å²) in [5.41, 5.74) is -0.502. The number of carbonyl (C=O) groups is 1. The second-order valence-electron chi connectivity index (χ2n) is 4.54. The van der Waals surface area contributed by atoms with Crippen LogP contribution in [0.5, 0.6) is 5.75 Å². The Kier molecular flexibility index (Phi) is 3.15. The van der Waals surface area contributed by atoms with E-state index >= 15 is 0 Å². The first-order chi connectivity index (χ1) is 8.07. The van der Waals surface area contributed by atoms with E-state index in [1.54, 1.807) is 6.07 Å². The maximum absolute atomic E-state index is 13.8. The van der Waals surface area contributed by atoms with Crippen molar-refractivity contribution >= 4 is 5.78 Å². The third kappa shape index (κ3) is 2.17. The number of hydrogen-bond donors (Lipinski definition) is 1. The Morgan fingerprint density at radius 3 is 2.82 bits per heavy atom. The van der Waals surface area contributed by atoms with Crippen LogP contribution in [0.25, 0.3) is 0 Å². The van der Waals surface area contributed by atoms with Crippen LogP contribution in [-0.4, -0.2) is 25.0 Å². The van der Waals surface area contributed by atoms with Crippen molar-refractivity contribution in [1.82, 2.24) is 5.32 Å². The number of carbonyl (C=O) groups excluding carboxylic acids is 1. The summed E-state index contributed by atoms with van der Waals surface area (Å²) in [5.74, 6) is -0.289. The first-order valence-electron chi connectivity index (χ1n) is 5.70. The molecule has 0 amide bonds. The van der Waals surface area contributed by atoms with Crippen molar-refractivity contribution in [2.24, 2.45) is 0 Å². The molecule has 0 saturated carbocycles. The molecule has 0 radical (unpaired) electrons. The van der Waals surface area contributed by atoms with E-state index in [0.29, 0.717) is 5.75 Å². The van der Waals surface area contributed by atoms with Crippen molar-refractivity contribution in [2.45, 2.75) is 25.3 Å². The van der Waals surface area contributed by atoms with Gasteiger partial charge in [-0.1, -0.05) is 0 Å². The normalized spacial score (nSPS) is 23.7. The fourth-order valence-electron chi connectivity index (χ4n) is 2.19. The number of halogens is 1. The number of ether oxygens (including phenoxy) is 1. The fourth-order valence-corrected chi connectivity index (χ4v) is 2.19. The molecule has 1 aromatic carbocycles. The summed E-state index contributed by atoms with van der Waals surface area (Å²) in [6.45, 7) is 2.63. The number of hydrogen-bond acceptors (Lipinski definition) is 3. The molecule has 1 fully saturated rings. The summed E-state index contributed by atoms with van der Waals surface area (Å²) in [6.07, 6.45) is 1.69. The zero-order valence-electron chi connectivity index (χ0n) is 10.0. The molecule has 1 aliphatic heterocycles. The molecule has 3 nitrogen and oxygen atoms in total. The van der Waals surface area contributed by atoms with Crippen LogP contribution in [0.1, 0.15) is 30.1 Å². The predicted molar refractivity (Wildman–Crippen MR) is 62.9 cm³/mol. The number of Topliss-reactive ketones (excluding diaryl/α,β-unsaturated/α-hetero) is 1. The van der Waals surface area contributed by atoms with Crippen molar-refractivity contribution in [3.8, 4) is 5.75 Å². The van der Waals surface area contributed by atoms with E-state index < -0.39 is 11.4 Å². The van der Waals surface area contributed by atoms with E-state index in [4.69, 9.17) is 4.74 Å². The second-order valence-corrected chi connectivity index (χ2v) is 4.54. The van der Waals surface area contributed by atoms with Crippen LogP contribution >= 0.6 is 0 Å². The topological polar surface area (TPSA) is 38.3 Å². The van der Waals surface area contributed by atoms with Crippen LogP contribution in [0.2, 0.25) is 0 Å². The minimum absolute atomic E-state index is 0.128. The summed E-state index contributed by atoms with van der Waals surface area (Å²) in [4.78, 5) is 12.2. The number of methoxy groups -OCH3 is 1.